The third-order valence-corrected chi connectivity index (χ3v) is 6.14. The van der Waals surface area contributed by atoms with Gasteiger partial charge < -0.3 is 4.74 Å². The third kappa shape index (κ3) is 4.00. The maximum Gasteiger partial charge on any atom is 0.182 e. The van der Waals surface area contributed by atoms with Crippen LogP contribution in [0.5, 0.6) is 5.75 Å². The highest BCUT2D eigenvalue weighted by Gasteiger charge is 2.18. The number of hydrogen-bond donors (Lipinski definition) is 0. The highest BCUT2D eigenvalue weighted by molar-refractivity contribution is 7.19. The largest absolute Gasteiger partial charge is 0.491 e. The quantitative estimate of drug-likeness (QED) is 0.544. The Morgan fingerprint density at radius 3 is 2.71 bits per heavy atom. The molecule has 24 heavy (non-hydrogen) atoms. The van der Waals surface area contributed by atoms with Crippen LogP contribution < -0.4 is 4.74 Å². The number of hydrogen-bond acceptors (Lipinski definition) is 2. The van der Waals surface area contributed by atoms with Crippen molar-refractivity contribution in [2.75, 3.05) is 6.61 Å². The second-order valence-corrected chi connectivity index (χ2v) is 7.89. The van der Waals surface area contributed by atoms with Crippen LogP contribution in [0.4, 0.5) is 4.39 Å². The van der Waals surface area contributed by atoms with Crippen molar-refractivity contribution in [1.82, 2.24) is 0 Å². The molecule has 3 rings (SSSR count). The summed E-state index contributed by atoms with van der Waals surface area (Å²) in [6.07, 6.45) is 12.5. The molecule has 3 heteroatoms. The van der Waals surface area contributed by atoms with Gasteiger partial charge in [0.15, 0.2) is 11.6 Å². The first-order valence-electron chi connectivity index (χ1n) is 9.24. The Morgan fingerprint density at radius 2 is 2.00 bits per heavy atom. The van der Waals surface area contributed by atoms with E-state index in [1.54, 1.807) is 6.07 Å². The summed E-state index contributed by atoms with van der Waals surface area (Å²) in [7, 11) is 0. The van der Waals surface area contributed by atoms with Gasteiger partial charge in [0.1, 0.15) is 0 Å². The van der Waals surface area contributed by atoms with E-state index < -0.39 is 0 Å². The Kier molecular flexibility index (Phi) is 5.94. The van der Waals surface area contributed by atoms with Gasteiger partial charge in [0.2, 0.25) is 0 Å². The number of rotatable bonds is 6. The highest BCUT2D eigenvalue weighted by Crippen LogP contribution is 2.35. The van der Waals surface area contributed by atoms with E-state index in [2.05, 4.69) is 25.1 Å². The van der Waals surface area contributed by atoms with Crippen LogP contribution in [0.15, 0.2) is 24.3 Å². The van der Waals surface area contributed by atoms with Crippen molar-refractivity contribution >= 4 is 27.5 Å². The van der Waals surface area contributed by atoms with Crippen molar-refractivity contribution < 1.29 is 9.13 Å². The molecule has 1 heterocycles. The van der Waals surface area contributed by atoms with Crippen molar-refractivity contribution in [2.45, 2.75) is 52.4 Å². The summed E-state index contributed by atoms with van der Waals surface area (Å²) in [5, 5.41) is 0.965. The van der Waals surface area contributed by atoms with Crippen LogP contribution in [-0.2, 0) is 0 Å². The van der Waals surface area contributed by atoms with Gasteiger partial charge >= 0.3 is 0 Å². The van der Waals surface area contributed by atoms with Gasteiger partial charge in [-0.05, 0) is 74.1 Å². The standard InChI is InChI=1S/C21H27FOS/c1-3-5-15-6-8-16(9-7-15)10-12-18-14-17-11-13-19(23-4-2)20(22)21(17)24-18/h10-16H,3-9H2,1-2H3/b12-10+. The molecule has 2 aromatic rings. The molecule has 130 valence electrons. The number of fused-ring (bicyclic) bond motifs is 1. The van der Waals surface area contributed by atoms with Crippen LogP contribution in [0, 0.1) is 17.7 Å². The Morgan fingerprint density at radius 1 is 1.21 bits per heavy atom. The molecule has 1 fully saturated rings. The number of halogens is 1. The maximum absolute atomic E-state index is 14.4. The number of allylic oxidation sites excluding steroid dienone is 1. The monoisotopic (exact) mass is 346 g/mol. The van der Waals surface area contributed by atoms with Crippen LogP contribution in [0.2, 0.25) is 0 Å². The minimum Gasteiger partial charge on any atom is -0.491 e. The predicted octanol–water partition coefficient (Wildman–Crippen LogP) is 7.06. The fourth-order valence-electron chi connectivity index (χ4n) is 3.73. The molecule has 1 aromatic heterocycles. The zero-order valence-electron chi connectivity index (χ0n) is 14.7. The molecule has 1 aliphatic rings. The summed E-state index contributed by atoms with van der Waals surface area (Å²) in [6, 6.07) is 5.77. The molecule has 0 aliphatic heterocycles. The average Bonchev–Trinajstić information content (AvgIpc) is 3.01. The lowest BCUT2D eigenvalue weighted by atomic mass is 9.80. The van der Waals surface area contributed by atoms with Crippen LogP contribution in [0.3, 0.4) is 0 Å². The van der Waals surface area contributed by atoms with Gasteiger partial charge in [-0.15, -0.1) is 11.3 Å². The highest BCUT2D eigenvalue weighted by atomic mass is 32.1. The van der Waals surface area contributed by atoms with Gasteiger partial charge in [-0.2, -0.15) is 0 Å². The summed E-state index contributed by atoms with van der Waals surface area (Å²) in [5.74, 6) is 1.76. The molecule has 0 bridgehead atoms. The lowest BCUT2D eigenvalue weighted by Crippen LogP contribution is -2.12. The van der Waals surface area contributed by atoms with E-state index >= 15 is 0 Å². The molecule has 0 spiro atoms. The minimum absolute atomic E-state index is 0.223. The van der Waals surface area contributed by atoms with Gasteiger partial charge in [-0.25, -0.2) is 4.39 Å². The maximum atomic E-state index is 14.4. The molecule has 0 unspecified atom stereocenters. The van der Waals surface area contributed by atoms with Crippen LogP contribution >= 0.6 is 11.3 Å². The SMILES string of the molecule is CCCC1CCC(/C=C/c2cc3ccc(OCC)c(F)c3s2)CC1. The molecular weight excluding hydrogens is 319 g/mol. The fraction of sp³-hybridized carbons (Fsp3) is 0.524. The average molecular weight is 347 g/mol. The number of benzene rings is 1. The van der Waals surface area contributed by atoms with E-state index in [1.165, 1.54) is 49.9 Å². The molecule has 1 saturated carbocycles. The molecular formula is C21H27FOS. The van der Waals surface area contributed by atoms with Gasteiger partial charge in [-0.1, -0.05) is 25.8 Å². The van der Waals surface area contributed by atoms with E-state index in [1.807, 2.05) is 13.0 Å². The molecule has 1 nitrogen and oxygen atoms in total. The van der Waals surface area contributed by atoms with Crippen molar-refractivity contribution in [2.24, 2.45) is 11.8 Å². The van der Waals surface area contributed by atoms with Gasteiger partial charge in [0.25, 0.3) is 0 Å². The zero-order chi connectivity index (χ0) is 16.9. The van der Waals surface area contributed by atoms with E-state index in [0.717, 1.165) is 16.2 Å². The van der Waals surface area contributed by atoms with E-state index in [4.69, 9.17) is 4.74 Å². The summed E-state index contributed by atoms with van der Waals surface area (Å²) in [6.45, 7) is 4.65. The smallest absolute Gasteiger partial charge is 0.182 e. The van der Waals surface area contributed by atoms with Crippen LogP contribution in [-0.4, -0.2) is 6.61 Å². The Labute approximate surface area is 148 Å². The molecule has 0 radical (unpaired) electrons. The van der Waals surface area contributed by atoms with E-state index in [9.17, 15) is 4.39 Å². The second kappa shape index (κ2) is 8.15. The van der Waals surface area contributed by atoms with E-state index in [-0.39, 0.29) is 5.82 Å². The molecule has 0 atom stereocenters. The molecule has 1 aliphatic carbocycles. The molecule has 0 amide bonds. The molecule has 0 N–H and O–H groups in total. The first kappa shape index (κ1) is 17.5. The summed E-state index contributed by atoms with van der Waals surface area (Å²) in [4.78, 5) is 1.13. The Bertz CT molecular complexity index is 695. The second-order valence-electron chi connectivity index (χ2n) is 6.81. The first-order chi connectivity index (χ1) is 11.7. The summed E-state index contributed by atoms with van der Waals surface area (Å²) >= 11 is 1.52. The van der Waals surface area contributed by atoms with Crippen molar-refractivity contribution in [3.63, 3.8) is 0 Å². The van der Waals surface area contributed by atoms with Crippen molar-refractivity contribution in [3.05, 3.63) is 35.0 Å². The lowest BCUT2D eigenvalue weighted by molar-refractivity contribution is 0.295. The minimum atomic E-state index is -0.223. The normalized spacial score (nSPS) is 21.6. The predicted molar refractivity (Wildman–Crippen MR) is 102 cm³/mol. The molecule has 0 saturated heterocycles. The lowest BCUT2D eigenvalue weighted by Gasteiger charge is -2.26. The zero-order valence-corrected chi connectivity index (χ0v) is 15.5. The van der Waals surface area contributed by atoms with Crippen molar-refractivity contribution in [3.8, 4) is 5.75 Å². The van der Waals surface area contributed by atoms with Crippen molar-refractivity contribution in [1.29, 1.82) is 0 Å². The van der Waals surface area contributed by atoms with Gasteiger partial charge in [-0.3, -0.25) is 0 Å². The number of thiophene rings is 1. The van der Waals surface area contributed by atoms with Crippen LogP contribution in [0.25, 0.3) is 16.2 Å². The van der Waals surface area contributed by atoms with Gasteiger partial charge in [0.05, 0.1) is 11.3 Å². The first-order valence-corrected chi connectivity index (χ1v) is 10.1. The Balaban J connectivity index is 1.68. The van der Waals surface area contributed by atoms with Crippen LogP contribution in [0.1, 0.15) is 57.2 Å². The summed E-state index contributed by atoms with van der Waals surface area (Å²) < 4.78 is 20.5. The number of ether oxygens (including phenoxy) is 1. The molecule has 1 aromatic carbocycles. The topological polar surface area (TPSA) is 9.23 Å². The summed E-state index contributed by atoms with van der Waals surface area (Å²) in [5.41, 5.74) is 0. The third-order valence-electron chi connectivity index (χ3n) is 5.03. The van der Waals surface area contributed by atoms with E-state index in [0.29, 0.717) is 23.0 Å². The fourth-order valence-corrected chi connectivity index (χ4v) is 4.73. The Hall–Kier alpha value is -1.35. The van der Waals surface area contributed by atoms with Gasteiger partial charge in [0, 0.05) is 4.88 Å².